The molecule has 1 amide bonds. The molecule has 0 aromatic heterocycles. The van der Waals surface area contributed by atoms with E-state index in [0.717, 1.165) is 42.8 Å². The smallest absolute Gasteiger partial charge is 0.416 e. The van der Waals surface area contributed by atoms with Crippen molar-refractivity contribution in [2.45, 2.75) is 88.3 Å². The highest BCUT2D eigenvalue weighted by Gasteiger charge is 2.75. The number of piperidine rings is 1. The first-order valence-corrected chi connectivity index (χ1v) is 17.5. The van der Waals surface area contributed by atoms with Crippen LogP contribution in [0.25, 0.3) is 6.08 Å². The van der Waals surface area contributed by atoms with Gasteiger partial charge in [-0.2, -0.15) is 13.2 Å². The molecule has 0 unspecified atom stereocenters. The van der Waals surface area contributed by atoms with Crippen molar-refractivity contribution in [3.8, 4) is 11.5 Å². The van der Waals surface area contributed by atoms with Gasteiger partial charge in [-0.25, -0.2) is 0 Å². The average Bonchev–Trinajstić information content (AvgIpc) is 3.43. The molecule has 50 heavy (non-hydrogen) atoms. The fourth-order valence-corrected chi connectivity index (χ4v) is 9.41. The number of ether oxygens (including phenoxy) is 2. The Morgan fingerprint density at radius 2 is 1.88 bits per heavy atom. The first kappa shape index (κ1) is 34.2. The molecule has 1 spiro atoms. The van der Waals surface area contributed by atoms with E-state index in [-0.39, 0.29) is 35.1 Å². The summed E-state index contributed by atoms with van der Waals surface area (Å²) in [5, 5.41) is 11.2. The van der Waals surface area contributed by atoms with Crippen molar-refractivity contribution in [3.63, 3.8) is 0 Å². The lowest BCUT2D eigenvalue weighted by Crippen LogP contribution is -2.79. The van der Waals surface area contributed by atoms with Gasteiger partial charge in [-0.1, -0.05) is 62.4 Å². The van der Waals surface area contributed by atoms with Crippen LogP contribution in [0.5, 0.6) is 11.5 Å². The Morgan fingerprint density at radius 1 is 1.10 bits per heavy atom. The molecule has 2 aliphatic heterocycles. The van der Waals surface area contributed by atoms with Crippen LogP contribution in [0.15, 0.2) is 72.8 Å². The van der Waals surface area contributed by atoms with E-state index in [9.17, 15) is 27.9 Å². The number of alkyl halides is 3. The van der Waals surface area contributed by atoms with Crippen molar-refractivity contribution in [1.82, 2.24) is 9.80 Å². The molecule has 3 aromatic carbocycles. The fourth-order valence-electron chi connectivity index (χ4n) is 9.41. The number of hydrogen-bond donors (Lipinski definition) is 1. The SMILES string of the molecule is CC(=O)O[C@@]12CC[C@@H](N(CC(C)C)C(=O)C=Cc3cccc(C(F)(F)F)c3)[C@@H]3Oc4c(O)ccc5c4[C@@]31CCN(CCc1ccccc1)[C@@H]2C5. The predicted octanol–water partition coefficient (Wildman–Crippen LogP) is 6.95. The Kier molecular flexibility index (Phi) is 8.73. The summed E-state index contributed by atoms with van der Waals surface area (Å²) in [7, 11) is 0. The van der Waals surface area contributed by atoms with Gasteiger partial charge in [0.05, 0.1) is 23.1 Å². The summed E-state index contributed by atoms with van der Waals surface area (Å²) in [6.45, 7) is 7.35. The number of esters is 1. The standard InChI is InChI=1S/C40H43F3N2O5/c1-25(2)24-45(34(48)15-12-28-10-7-11-30(22-28)40(41,42)43)31-16-18-39(50-26(3)46)33-23-29-13-14-32(47)36-35(29)38(39,37(31)49-36)19-21-44(33)20-17-27-8-5-4-6-9-27/h4-15,22,25,31,33,37,47H,16-21,23-24H2,1-3H3/t31-,33-,37+,38+,39-/m1/s1. The van der Waals surface area contributed by atoms with Crippen LogP contribution in [0.1, 0.15) is 67.9 Å². The van der Waals surface area contributed by atoms with E-state index < -0.39 is 34.9 Å². The molecule has 10 heteroatoms. The van der Waals surface area contributed by atoms with Gasteiger partial charge in [0.15, 0.2) is 11.5 Å². The number of carbonyl (C=O) groups excluding carboxylic acids is 2. The maximum Gasteiger partial charge on any atom is 0.416 e. The lowest BCUT2D eigenvalue weighted by molar-refractivity contribution is -0.224. The molecule has 264 valence electrons. The quantitative estimate of drug-likeness (QED) is 0.194. The molecule has 2 bridgehead atoms. The highest BCUT2D eigenvalue weighted by atomic mass is 19.4. The number of rotatable bonds is 9. The number of hydrogen-bond acceptors (Lipinski definition) is 6. The van der Waals surface area contributed by atoms with Gasteiger partial charge in [-0.05, 0) is 85.5 Å². The summed E-state index contributed by atoms with van der Waals surface area (Å²) in [6.07, 6.45) is 0.658. The van der Waals surface area contributed by atoms with Crippen LogP contribution in [0.2, 0.25) is 0 Å². The van der Waals surface area contributed by atoms with Gasteiger partial charge >= 0.3 is 12.1 Å². The summed E-state index contributed by atoms with van der Waals surface area (Å²) in [4.78, 5) is 31.4. The minimum atomic E-state index is -4.50. The number of aromatic hydroxyl groups is 1. The molecule has 3 aromatic rings. The molecule has 4 aliphatic rings. The number of phenolic OH excluding ortho intramolecular Hbond substituents is 1. The third-order valence-electron chi connectivity index (χ3n) is 11.2. The van der Waals surface area contributed by atoms with E-state index in [1.165, 1.54) is 36.8 Å². The molecule has 7 nitrogen and oxygen atoms in total. The largest absolute Gasteiger partial charge is 0.504 e. The van der Waals surface area contributed by atoms with E-state index in [1.807, 2.05) is 38.1 Å². The highest BCUT2D eigenvalue weighted by molar-refractivity contribution is 5.92. The van der Waals surface area contributed by atoms with Gasteiger partial charge in [0.2, 0.25) is 5.91 Å². The molecular weight excluding hydrogens is 645 g/mol. The van der Waals surface area contributed by atoms with Gasteiger partial charge in [-0.15, -0.1) is 0 Å². The summed E-state index contributed by atoms with van der Waals surface area (Å²) in [5.41, 5.74) is 0.858. The molecular formula is C40H43F3N2O5. The van der Waals surface area contributed by atoms with Crippen LogP contribution in [0.4, 0.5) is 13.2 Å². The normalized spacial score (nSPS) is 26.8. The van der Waals surface area contributed by atoms with Crippen LogP contribution in [0, 0.1) is 5.92 Å². The summed E-state index contributed by atoms with van der Waals surface area (Å²) in [5.74, 6) is -0.241. The number of phenols is 1. The van der Waals surface area contributed by atoms with Crippen molar-refractivity contribution >= 4 is 18.0 Å². The van der Waals surface area contributed by atoms with Crippen LogP contribution in [0.3, 0.4) is 0 Å². The Labute approximate surface area is 290 Å². The van der Waals surface area contributed by atoms with Gasteiger partial charge in [0.1, 0.15) is 11.7 Å². The number of carbonyl (C=O) groups is 2. The summed E-state index contributed by atoms with van der Waals surface area (Å²) >= 11 is 0. The second kappa shape index (κ2) is 12.8. The zero-order valence-electron chi connectivity index (χ0n) is 28.6. The molecule has 2 heterocycles. The van der Waals surface area contributed by atoms with Gasteiger partial charge in [0, 0.05) is 31.7 Å². The Morgan fingerprint density at radius 3 is 2.60 bits per heavy atom. The van der Waals surface area contributed by atoms with Crippen LogP contribution < -0.4 is 4.74 Å². The van der Waals surface area contributed by atoms with E-state index in [0.29, 0.717) is 38.0 Å². The van der Waals surface area contributed by atoms with Gasteiger partial charge in [0.25, 0.3) is 0 Å². The first-order chi connectivity index (χ1) is 23.8. The van der Waals surface area contributed by atoms with Crippen molar-refractivity contribution in [2.75, 3.05) is 19.6 Å². The predicted molar refractivity (Wildman–Crippen MR) is 183 cm³/mol. The number of benzene rings is 3. The fraction of sp³-hybridized carbons (Fsp3) is 0.450. The zero-order valence-corrected chi connectivity index (χ0v) is 28.6. The molecule has 2 fully saturated rings. The second-order valence-electron chi connectivity index (χ2n) is 14.6. The molecule has 5 atom stereocenters. The second-order valence-corrected chi connectivity index (χ2v) is 14.6. The van der Waals surface area contributed by atoms with Crippen LogP contribution in [-0.2, 0) is 38.8 Å². The number of halogens is 3. The number of likely N-dealkylation sites (tertiary alicyclic amines) is 1. The van der Waals surface area contributed by atoms with Crippen molar-refractivity contribution in [3.05, 3.63) is 101 Å². The monoisotopic (exact) mass is 688 g/mol. The molecule has 2 aliphatic carbocycles. The van der Waals surface area contributed by atoms with E-state index in [2.05, 4.69) is 17.0 Å². The van der Waals surface area contributed by atoms with Gasteiger partial charge in [-0.3, -0.25) is 14.5 Å². The van der Waals surface area contributed by atoms with E-state index in [1.54, 1.807) is 11.0 Å². The van der Waals surface area contributed by atoms with Crippen molar-refractivity contribution in [2.24, 2.45) is 5.92 Å². The maximum absolute atomic E-state index is 14.1. The third kappa shape index (κ3) is 5.65. The number of nitrogens with zero attached hydrogens (tertiary/aromatic N) is 2. The molecule has 1 saturated heterocycles. The van der Waals surface area contributed by atoms with Crippen molar-refractivity contribution < 1.29 is 37.3 Å². The highest BCUT2D eigenvalue weighted by Crippen LogP contribution is 2.67. The van der Waals surface area contributed by atoms with Crippen molar-refractivity contribution in [1.29, 1.82) is 0 Å². The molecule has 1 saturated carbocycles. The van der Waals surface area contributed by atoms with E-state index in [4.69, 9.17) is 9.47 Å². The molecule has 7 rings (SSSR count). The summed E-state index contributed by atoms with van der Waals surface area (Å²) in [6, 6.07) is 18.2. The number of amides is 1. The zero-order chi connectivity index (χ0) is 35.4. The minimum Gasteiger partial charge on any atom is -0.504 e. The van der Waals surface area contributed by atoms with Crippen LogP contribution >= 0.6 is 0 Å². The Balaban J connectivity index is 1.28. The average molecular weight is 689 g/mol. The van der Waals surface area contributed by atoms with E-state index >= 15 is 0 Å². The lowest BCUT2D eigenvalue weighted by atomic mass is 9.48. The van der Waals surface area contributed by atoms with Crippen LogP contribution in [-0.4, -0.2) is 70.2 Å². The van der Waals surface area contributed by atoms with Gasteiger partial charge < -0.3 is 19.5 Å². The minimum absolute atomic E-state index is 0.0131. The topological polar surface area (TPSA) is 79.3 Å². The summed E-state index contributed by atoms with van der Waals surface area (Å²) < 4.78 is 53.6. The molecule has 1 N–H and O–H groups in total. The lowest BCUT2D eigenvalue weighted by Gasteiger charge is -2.65. The molecule has 0 radical (unpaired) electrons. The Hall–Kier alpha value is -4.31. The Bertz CT molecular complexity index is 1810. The maximum atomic E-state index is 14.1. The first-order valence-electron chi connectivity index (χ1n) is 17.5. The third-order valence-corrected chi connectivity index (χ3v) is 11.2.